The molecule has 0 spiro atoms. The van der Waals surface area contributed by atoms with Gasteiger partial charge in [-0.05, 0) is 6.07 Å². The molecular formula is C24H29N5O4. The zero-order valence-corrected chi connectivity index (χ0v) is 18.6. The van der Waals surface area contributed by atoms with E-state index in [0.717, 1.165) is 74.0 Å². The Morgan fingerprint density at radius 3 is 2.67 bits per heavy atom. The van der Waals surface area contributed by atoms with Gasteiger partial charge in [-0.3, -0.25) is 10.3 Å². The summed E-state index contributed by atoms with van der Waals surface area (Å²) in [6, 6.07) is 11.8. The van der Waals surface area contributed by atoms with Crippen molar-refractivity contribution in [3.63, 3.8) is 0 Å². The van der Waals surface area contributed by atoms with Gasteiger partial charge in [-0.15, -0.1) is 0 Å². The summed E-state index contributed by atoms with van der Waals surface area (Å²) in [7, 11) is 0. The average molecular weight is 452 g/mol. The number of aromatic nitrogens is 1. The number of anilines is 2. The summed E-state index contributed by atoms with van der Waals surface area (Å²) in [5, 5.41) is 5.46. The van der Waals surface area contributed by atoms with Gasteiger partial charge in [0.25, 0.3) is 0 Å². The molecule has 0 amide bonds. The van der Waals surface area contributed by atoms with Gasteiger partial charge >= 0.3 is 0 Å². The number of ether oxygens (including phenoxy) is 3. The lowest BCUT2D eigenvalue weighted by atomic mass is 10.2. The Bertz CT molecular complexity index is 1070. The maximum atomic E-state index is 6.03. The van der Waals surface area contributed by atoms with Gasteiger partial charge in [0.1, 0.15) is 24.3 Å². The van der Waals surface area contributed by atoms with Crippen LogP contribution < -0.4 is 15.1 Å². The van der Waals surface area contributed by atoms with Crippen LogP contribution in [0.25, 0.3) is 11.0 Å². The smallest absolute Gasteiger partial charge is 0.217 e. The predicted molar refractivity (Wildman–Crippen MR) is 127 cm³/mol. The molecule has 2 aromatic heterocycles. The normalized spacial score (nSPS) is 17.6. The third-order valence-electron chi connectivity index (χ3n) is 5.79. The van der Waals surface area contributed by atoms with Crippen LogP contribution in [0.2, 0.25) is 0 Å². The Morgan fingerprint density at radius 1 is 1.03 bits per heavy atom. The molecule has 4 heterocycles. The fourth-order valence-electron chi connectivity index (χ4n) is 3.96. The first kappa shape index (κ1) is 21.7. The van der Waals surface area contributed by atoms with Crippen LogP contribution >= 0.6 is 0 Å². The Morgan fingerprint density at radius 2 is 1.82 bits per heavy atom. The summed E-state index contributed by atoms with van der Waals surface area (Å²) in [5.41, 5.74) is 5.71. The van der Waals surface area contributed by atoms with Gasteiger partial charge in [0.2, 0.25) is 5.88 Å². The number of para-hydroxylation sites is 1. The summed E-state index contributed by atoms with van der Waals surface area (Å²) in [5.74, 6) is 1.44. The van der Waals surface area contributed by atoms with Crippen LogP contribution in [0.4, 0.5) is 11.5 Å². The number of nitrogens with zero attached hydrogens (tertiary/aromatic N) is 4. The number of furan rings is 1. The topological polar surface area (TPSA) is 84.6 Å². The number of hydrazone groups is 1. The largest absolute Gasteiger partial charge is 0.476 e. The molecule has 2 fully saturated rings. The molecule has 1 N–H and O–H groups in total. The summed E-state index contributed by atoms with van der Waals surface area (Å²) in [6.07, 6.45) is 3.47. The van der Waals surface area contributed by atoms with Crippen LogP contribution in [0.3, 0.4) is 0 Å². The highest BCUT2D eigenvalue weighted by atomic mass is 16.5. The number of nitrogens with one attached hydrogen (secondary N) is 1. The molecule has 3 aromatic rings. The second-order valence-electron chi connectivity index (χ2n) is 8.01. The quantitative estimate of drug-likeness (QED) is 0.414. The fraction of sp³-hybridized carbons (Fsp3) is 0.417. The second kappa shape index (κ2) is 10.7. The summed E-state index contributed by atoms with van der Waals surface area (Å²) < 4.78 is 22.5. The first-order valence-corrected chi connectivity index (χ1v) is 11.4. The van der Waals surface area contributed by atoms with E-state index in [2.05, 4.69) is 20.3 Å². The monoisotopic (exact) mass is 451 g/mol. The molecule has 9 nitrogen and oxygen atoms in total. The van der Waals surface area contributed by atoms with Crippen molar-refractivity contribution >= 4 is 28.7 Å². The molecule has 5 rings (SSSR count). The van der Waals surface area contributed by atoms with Gasteiger partial charge in [0.05, 0.1) is 38.3 Å². The molecule has 2 aliphatic heterocycles. The number of morpholine rings is 2. The lowest BCUT2D eigenvalue weighted by molar-refractivity contribution is 0.0320. The Labute approximate surface area is 192 Å². The summed E-state index contributed by atoms with van der Waals surface area (Å²) >= 11 is 0. The van der Waals surface area contributed by atoms with Crippen LogP contribution in [-0.2, 0) is 9.47 Å². The number of pyridine rings is 1. The van der Waals surface area contributed by atoms with E-state index in [9.17, 15) is 0 Å². The molecule has 0 aliphatic carbocycles. The molecule has 9 heteroatoms. The fourth-order valence-corrected chi connectivity index (χ4v) is 3.96. The van der Waals surface area contributed by atoms with E-state index in [-0.39, 0.29) is 0 Å². The van der Waals surface area contributed by atoms with Crippen molar-refractivity contribution in [3.8, 4) is 5.88 Å². The minimum Gasteiger partial charge on any atom is -0.476 e. The first-order valence-electron chi connectivity index (χ1n) is 11.4. The second-order valence-corrected chi connectivity index (χ2v) is 8.01. The highest BCUT2D eigenvalue weighted by Gasteiger charge is 2.15. The zero-order chi connectivity index (χ0) is 22.3. The molecule has 2 saturated heterocycles. The van der Waals surface area contributed by atoms with Crippen LogP contribution in [0.5, 0.6) is 5.88 Å². The van der Waals surface area contributed by atoms with E-state index in [1.165, 1.54) is 0 Å². The predicted octanol–water partition coefficient (Wildman–Crippen LogP) is 2.82. The highest BCUT2D eigenvalue weighted by Crippen LogP contribution is 2.24. The maximum Gasteiger partial charge on any atom is 0.217 e. The third-order valence-corrected chi connectivity index (χ3v) is 5.79. The third kappa shape index (κ3) is 5.62. The van der Waals surface area contributed by atoms with E-state index in [0.29, 0.717) is 25.7 Å². The number of hydrogen-bond donors (Lipinski definition) is 1. The van der Waals surface area contributed by atoms with Gasteiger partial charge in [-0.1, -0.05) is 18.2 Å². The molecule has 0 saturated carbocycles. The lowest BCUT2D eigenvalue weighted by Gasteiger charge is -2.28. The molecule has 0 atom stereocenters. The highest BCUT2D eigenvalue weighted by molar-refractivity contribution is 5.97. The van der Waals surface area contributed by atoms with E-state index in [1.54, 1.807) is 12.5 Å². The van der Waals surface area contributed by atoms with Crippen LogP contribution in [0, 0.1) is 0 Å². The van der Waals surface area contributed by atoms with E-state index in [1.807, 2.05) is 36.4 Å². The minimum absolute atomic E-state index is 0.573. The standard InChI is InChI=1S/C24H29N5O4/c1-2-4-22-21(3-1)19(18-33-22)17-25-27-20-15-23(29-8-12-31-13-9-29)26-24(16-20)32-14-7-28-5-10-30-11-6-28/h1-4,15-18H,5-14H2,(H,26,27)/b25-17+. The molecule has 174 valence electrons. The van der Waals surface area contributed by atoms with Crippen LogP contribution in [0.15, 0.2) is 52.2 Å². The molecule has 1 aromatic carbocycles. The van der Waals surface area contributed by atoms with Crippen molar-refractivity contribution in [1.29, 1.82) is 0 Å². The van der Waals surface area contributed by atoms with E-state index >= 15 is 0 Å². The van der Waals surface area contributed by atoms with Gasteiger partial charge in [-0.25, -0.2) is 0 Å². The van der Waals surface area contributed by atoms with E-state index in [4.69, 9.17) is 23.6 Å². The van der Waals surface area contributed by atoms with Gasteiger partial charge < -0.3 is 23.5 Å². The Kier molecular flexibility index (Phi) is 7.00. The lowest BCUT2D eigenvalue weighted by Crippen LogP contribution is -2.38. The molecular weight excluding hydrogens is 422 g/mol. The van der Waals surface area contributed by atoms with Crippen LogP contribution in [0.1, 0.15) is 5.56 Å². The SMILES string of the molecule is C(=N\Nc1cc(OCCN2CCOCC2)nc(N2CCOCC2)c1)/c1coc2ccccc12. The van der Waals surface area contributed by atoms with Crippen molar-refractivity contribution in [3.05, 3.63) is 48.2 Å². The van der Waals surface area contributed by atoms with Crippen LogP contribution in [-0.4, -0.2) is 81.9 Å². The zero-order valence-electron chi connectivity index (χ0n) is 18.6. The number of benzene rings is 1. The number of hydrogen-bond acceptors (Lipinski definition) is 9. The van der Waals surface area contributed by atoms with Crippen molar-refractivity contribution in [2.45, 2.75) is 0 Å². The van der Waals surface area contributed by atoms with Crippen molar-refractivity contribution in [2.75, 3.05) is 76.1 Å². The van der Waals surface area contributed by atoms with Gasteiger partial charge in [0.15, 0.2) is 0 Å². The van der Waals surface area contributed by atoms with Gasteiger partial charge in [-0.2, -0.15) is 10.1 Å². The maximum absolute atomic E-state index is 6.03. The van der Waals surface area contributed by atoms with Crippen molar-refractivity contribution in [2.24, 2.45) is 5.10 Å². The molecule has 0 unspecified atom stereocenters. The molecule has 0 bridgehead atoms. The summed E-state index contributed by atoms with van der Waals surface area (Å²) in [6.45, 7) is 7.85. The summed E-state index contributed by atoms with van der Waals surface area (Å²) in [4.78, 5) is 9.28. The molecule has 0 radical (unpaired) electrons. The Hall–Kier alpha value is -3.14. The number of rotatable bonds is 8. The Balaban J connectivity index is 1.28. The first-order chi connectivity index (χ1) is 16.3. The minimum atomic E-state index is 0.573. The molecule has 33 heavy (non-hydrogen) atoms. The van der Waals surface area contributed by atoms with Crippen molar-refractivity contribution < 1.29 is 18.6 Å². The van der Waals surface area contributed by atoms with Crippen molar-refractivity contribution in [1.82, 2.24) is 9.88 Å². The van der Waals surface area contributed by atoms with Gasteiger partial charge in [0, 0.05) is 55.8 Å². The average Bonchev–Trinajstić information content (AvgIpc) is 3.28. The number of fused-ring (bicyclic) bond motifs is 1. The molecule has 2 aliphatic rings. The van der Waals surface area contributed by atoms with E-state index < -0.39 is 0 Å².